The molecule has 0 saturated heterocycles. The maximum Gasteiger partial charge on any atom is 0.428 e. The zero-order valence-electron chi connectivity index (χ0n) is 11.7. The number of halogens is 1. The molecule has 0 heterocycles. The lowest BCUT2D eigenvalue weighted by molar-refractivity contribution is 0.108. The predicted molar refractivity (Wildman–Crippen MR) is 86.0 cm³/mol. The molecule has 120 valence electrons. The van der Waals surface area contributed by atoms with Crippen LogP contribution in [0.5, 0.6) is 0 Å². The van der Waals surface area contributed by atoms with Gasteiger partial charge in [0.2, 0.25) is 10.9 Å². The highest BCUT2D eigenvalue weighted by Gasteiger charge is 2.20. The van der Waals surface area contributed by atoms with E-state index in [1.54, 1.807) is 24.3 Å². The maximum atomic E-state index is 12.0. The highest BCUT2D eigenvalue weighted by atomic mass is 35.5. The van der Waals surface area contributed by atoms with Crippen molar-refractivity contribution in [1.29, 1.82) is 0 Å². The average Bonchev–Trinajstić information content (AvgIpc) is 2.54. The van der Waals surface area contributed by atoms with Gasteiger partial charge in [0.05, 0.1) is 5.69 Å². The largest absolute Gasteiger partial charge is 0.444 e. The fraction of sp³-hybridized carbons (Fsp3) is 0.0667. The average molecular weight is 354 g/mol. The summed E-state index contributed by atoms with van der Waals surface area (Å²) >= 11 is 5.31. The first-order chi connectivity index (χ1) is 11.0. The van der Waals surface area contributed by atoms with E-state index in [0.717, 1.165) is 5.56 Å². The molecule has 6 nitrogen and oxygen atoms in total. The second kappa shape index (κ2) is 7.75. The number of anilines is 1. The highest BCUT2D eigenvalue weighted by molar-refractivity contribution is 7.75. The lowest BCUT2D eigenvalue weighted by atomic mass is 10.2. The highest BCUT2D eigenvalue weighted by Crippen LogP contribution is 2.18. The van der Waals surface area contributed by atoms with E-state index < -0.39 is 22.2 Å². The van der Waals surface area contributed by atoms with Gasteiger partial charge in [0, 0.05) is 5.56 Å². The molecule has 0 aliphatic heterocycles. The van der Waals surface area contributed by atoms with E-state index in [9.17, 15) is 18.0 Å². The zero-order valence-corrected chi connectivity index (χ0v) is 13.4. The molecule has 2 aromatic carbocycles. The predicted octanol–water partition coefficient (Wildman–Crippen LogP) is 2.74. The van der Waals surface area contributed by atoms with Crippen LogP contribution in [-0.4, -0.2) is 19.8 Å². The fourth-order valence-electron chi connectivity index (χ4n) is 1.78. The smallest absolute Gasteiger partial charge is 0.428 e. The van der Waals surface area contributed by atoms with Crippen molar-refractivity contribution in [2.75, 3.05) is 4.31 Å². The summed E-state index contributed by atoms with van der Waals surface area (Å²) < 4.78 is 28.2. The molecule has 2 aromatic rings. The molecule has 0 atom stereocenters. The Balaban J connectivity index is 2.14. The number of amides is 1. The third-order valence-corrected chi connectivity index (χ3v) is 3.82. The summed E-state index contributed by atoms with van der Waals surface area (Å²) in [6.07, 6.45) is -1.03. The molecule has 0 N–H and O–H groups in total. The SMILES string of the molecule is O=C(Cl)c1ccc(N(C(=O)OCc2ccccc2)[SH](=O)=O)cc1. The number of hydrogen-bond acceptors (Lipinski definition) is 5. The topological polar surface area (TPSA) is 80.8 Å². The maximum absolute atomic E-state index is 12.0. The molecule has 2 rings (SSSR count). The van der Waals surface area contributed by atoms with Gasteiger partial charge < -0.3 is 4.74 Å². The Labute approximate surface area is 139 Å². The number of nitrogens with zero attached hydrogens (tertiary/aromatic N) is 1. The van der Waals surface area contributed by atoms with Crippen LogP contribution < -0.4 is 4.31 Å². The van der Waals surface area contributed by atoms with E-state index in [2.05, 4.69) is 0 Å². The van der Waals surface area contributed by atoms with Crippen LogP contribution in [0.4, 0.5) is 10.5 Å². The standard InChI is InChI=1S/C15H12ClNO5S/c16-14(18)12-6-8-13(9-7-12)17(23(20)21)15(19)22-10-11-4-2-1-3-5-11/h1-9,23H,10H2. The van der Waals surface area contributed by atoms with E-state index >= 15 is 0 Å². The van der Waals surface area contributed by atoms with Crippen molar-refractivity contribution in [2.45, 2.75) is 6.61 Å². The van der Waals surface area contributed by atoms with Gasteiger partial charge in [-0.2, -0.15) is 4.31 Å². The monoisotopic (exact) mass is 353 g/mol. The molecule has 0 saturated carbocycles. The number of rotatable bonds is 5. The van der Waals surface area contributed by atoms with Gasteiger partial charge in [-0.3, -0.25) is 4.79 Å². The summed E-state index contributed by atoms with van der Waals surface area (Å²) in [4.78, 5) is 23.0. The van der Waals surface area contributed by atoms with Gasteiger partial charge in [-0.25, -0.2) is 13.2 Å². The minimum Gasteiger partial charge on any atom is -0.444 e. The van der Waals surface area contributed by atoms with Crippen LogP contribution in [0.15, 0.2) is 54.6 Å². The van der Waals surface area contributed by atoms with Gasteiger partial charge in [-0.1, -0.05) is 30.3 Å². The van der Waals surface area contributed by atoms with Gasteiger partial charge >= 0.3 is 6.09 Å². The molecule has 8 heteroatoms. The van der Waals surface area contributed by atoms with Crippen molar-refractivity contribution in [1.82, 2.24) is 0 Å². The molecular weight excluding hydrogens is 342 g/mol. The minimum atomic E-state index is -3.24. The van der Waals surface area contributed by atoms with Gasteiger partial charge in [0.25, 0.3) is 5.24 Å². The second-order valence-corrected chi connectivity index (χ2v) is 5.63. The normalized spacial score (nSPS) is 10.3. The molecule has 0 aliphatic carbocycles. The lowest BCUT2D eigenvalue weighted by Gasteiger charge is -2.15. The molecule has 0 radical (unpaired) electrons. The number of hydrogen-bond donors (Lipinski definition) is 1. The number of carbonyl (C=O) groups excluding carboxylic acids is 2. The van der Waals surface area contributed by atoms with Gasteiger partial charge in [-0.05, 0) is 41.4 Å². The first-order valence-corrected chi connectivity index (χ1v) is 7.95. The van der Waals surface area contributed by atoms with Crippen LogP contribution in [0, 0.1) is 0 Å². The Bertz CT molecular complexity index is 766. The van der Waals surface area contributed by atoms with E-state index in [1.165, 1.54) is 24.3 Å². The van der Waals surface area contributed by atoms with E-state index in [4.69, 9.17) is 16.3 Å². The molecule has 0 bridgehead atoms. The Morgan fingerprint density at radius 3 is 2.13 bits per heavy atom. The third kappa shape index (κ3) is 4.54. The van der Waals surface area contributed by atoms with Crippen molar-refractivity contribution in [3.63, 3.8) is 0 Å². The number of carbonyl (C=O) groups is 2. The molecule has 0 aliphatic rings. The summed E-state index contributed by atoms with van der Waals surface area (Å²) in [6, 6.07) is 14.1. The molecule has 23 heavy (non-hydrogen) atoms. The van der Waals surface area contributed by atoms with Crippen molar-refractivity contribution >= 4 is 39.5 Å². The Morgan fingerprint density at radius 1 is 1.00 bits per heavy atom. The molecule has 0 spiro atoms. The van der Waals surface area contributed by atoms with Crippen LogP contribution in [0.1, 0.15) is 15.9 Å². The number of thiol groups is 1. The summed E-state index contributed by atoms with van der Waals surface area (Å²) in [7, 11) is -3.24. The molecule has 0 unspecified atom stereocenters. The van der Waals surface area contributed by atoms with E-state index in [-0.39, 0.29) is 17.9 Å². The molecule has 1 amide bonds. The first-order valence-electron chi connectivity index (χ1n) is 6.44. The van der Waals surface area contributed by atoms with Gasteiger partial charge in [0.15, 0.2) is 0 Å². The van der Waals surface area contributed by atoms with Crippen LogP contribution in [0.3, 0.4) is 0 Å². The fourth-order valence-corrected chi connectivity index (χ4v) is 2.42. The summed E-state index contributed by atoms with van der Waals surface area (Å²) in [6.45, 7) is -0.0579. The summed E-state index contributed by atoms with van der Waals surface area (Å²) in [5.41, 5.74) is 0.972. The molecule has 0 aromatic heterocycles. The zero-order chi connectivity index (χ0) is 16.8. The number of benzene rings is 2. The van der Waals surface area contributed by atoms with E-state index in [1.807, 2.05) is 6.07 Å². The van der Waals surface area contributed by atoms with Crippen molar-refractivity contribution in [3.8, 4) is 0 Å². The van der Waals surface area contributed by atoms with E-state index in [0.29, 0.717) is 4.31 Å². The minimum absolute atomic E-state index is 0.0563. The van der Waals surface area contributed by atoms with Crippen LogP contribution in [-0.2, 0) is 22.2 Å². The molecule has 0 fully saturated rings. The Hall–Kier alpha value is -2.38. The Morgan fingerprint density at radius 2 is 1.61 bits per heavy atom. The quantitative estimate of drug-likeness (QED) is 0.660. The van der Waals surface area contributed by atoms with Crippen molar-refractivity contribution in [2.24, 2.45) is 0 Å². The second-order valence-electron chi connectivity index (χ2n) is 4.41. The van der Waals surface area contributed by atoms with Crippen molar-refractivity contribution < 1.29 is 22.7 Å². The van der Waals surface area contributed by atoms with Crippen LogP contribution in [0.2, 0.25) is 0 Å². The van der Waals surface area contributed by atoms with Crippen molar-refractivity contribution in [3.05, 3.63) is 65.7 Å². The van der Waals surface area contributed by atoms with Crippen LogP contribution >= 0.6 is 11.6 Å². The Kier molecular flexibility index (Phi) is 5.72. The third-order valence-electron chi connectivity index (χ3n) is 2.88. The van der Waals surface area contributed by atoms with Gasteiger partial charge in [-0.15, -0.1) is 0 Å². The molecular formula is C15H12ClNO5S. The summed E-state index contributed by atoms with van der Waals surface area (Å²) in [5.74, 6) is 0. The van der Waals surface area contributed by atoms with Gasteiger partial charge in [0.1, 0.15) is 6.61 Å². The summed E-state index contributed by atoms with van der Waals surface area (Å²) in [5, 5.41) is -0.679. The van der Waals surface area contributed by atoms with Crippen LogP contribution in [0.25, 0.3) is 0 Å². The first kappa shape index (κ1) is 17.0. The number of ether oxygens (including phenoxy) is 1. The lowest BCUT2D eigenvalue weighted by Crippen LogP contribution is -2.29.